The molecule has 1 fully saturated rings. The van der Waals surface area contributed by atoms with Gasteiger partial charge in [0.05, 0.1) is 18.1 Å². The summed E-state index contributed by atoms with van der Waals surface area (Å²) in [4.78, 5) is 16.2. The average Bonchev–Trinajstić information content (AvgIpc) is 3.25. The maximum atomic E-state index is 12.2. The van der Waals surface area contributed by atoms with Gasteiger partial charge in [0.15, 0.2) is 0 Å². The monoisotopic (exact) mass is 323 g/mol. The molecule has 2 aliphatic rings. The van der Waals surface area contributed by atoms with Gasteiger partial charge in [-0.15, -0.1) is 0 Å². The molecule has 0 radical (unpaired) electrons. The summed E-state index contributed by atoms with van der Waals surface area (Å²) in [6.07, 6.45) is 8.04. The summed E-state index contributed by atoms with van der Waals surface area (Å²) < 4.78 is 16.7. The number of aromatic nitrogens is 1. The lowest BCUT2D eigenvalue weighted by Gasteiger charge is -2.14. The lowest BCUT2D eigenvalue weighted by molar-refractivity contribution is -0.139. The van der Waals surface area contributed by atoms with Crippen LogP contribution in [0, 0.1) is 5.92 Å². The molecule has 5 nitrogen and oxygen atoms in total. The molecular formula is C19H17NO4. The van der Waals surface area contributed by atoms with Crippen molar-refractivity contribution in [2.24, 2.45) is 5.92 Å². The molecule has 0 aliphatic carbocycles. The highest BCUT2D eigenvalue weighted by molar-refractivity contribution is 5.77. The van der Waals surface area contributed by atoms with Crippen molar-refractivity contribution in [1.29, 1.82) is 0 Å². The number of fused-ring (bicyclic) bond motifs is 2. The molecule has 2 aliphatic heterocycles. The lowest BCUT2D eigenvalue weighted by atomic mass is 9.94. The average molecular weight is 323 g/mol. The number of hydrogen-bond donors (Lipinski definition) is 0. The first-order chi connectivity index (χ1) is 11.8. The zero-order valence-corrected chi connectivity index (χ0v) is 13.0. The molecular weight excluding hydrogens is 306 g/mol. The van der Waals surface area contributed by atoms with Gasteiger partial charge in [0.1, 0.15) is 18.1 Å². The second kappa shape index (κ2) is 6.45. The number of hydrogen-bond acceptors (Lipinski definition) is 5. The minimum absolute atomic E-state index is 0.0662. The van der Waals surface area contributed by atoms with Crippen LogP contribution in [0.5, 0.6) is 11.5 Å². The van der Waals surface area contributed by atoms with E-state index in [-0.39, 0.29) is 24.1 Å². The van der Waals surface area contributed by atoms with Gasteiger partial charge in [0.2, 0.25) is 0 Å². The van der Waals surface area contributed by atoms with E-state index < -0.39 is 0 Å². The highest BCUT2D eigenvalue weighted by atomic mass is 16.5. The molecule has 1 aromatic carbocycles. The molecule has 1 aromatic heterocycles. The number of rotatable bonds is 5. The van der Waals surface area contributed by atoms with Crippen molar-refractivity contribution < 1.29 is 19.0 Å². The zero-order chi connectivity index (χ0) is 16.4. The van der Waals surface area contributed by atoms with E-state index in [1.54, 1.807) is 36.7 Å². The van der Waals surface area contributed by atoms with Crippen molar-refractivity contribution in [2.45, 2.75) is 25.2 Å². The van der Waals surface area contributed by atoms with Crippen LogP contribution in [0.3, 0.4) is 0 Å². The summed E-state index contributed by atoms with van der Waals surface area (Å²) in [6, 6.07) is 10.9. The molecule has 2 bridgehead atoms. The number of ether oxygens (including phenoxy) is 3. The van der Waals surface area contributed by atoms with Gasteiger partial charge < -0.3 is 14.2 Å². The van der Waals surface area contributed by atoms with Gasteiger partial charge in [-0.3, -0.25) is 9.78 Å². The third kappa shape index (κ3) is 3.16. The molecule has 122 valence electrons. The minimum Gasteiger partial charge on any atom is -0.489 e. The fourth-order valence-electron chi connectivity index (χ4n) is 2.95. The Kier molecular flexibility index (Phi) is 4.01. The second-order valence-corrected chi connectivity index (χ2v) is 5.90. The molecule has 0 unspecified atom stereocenters. The van der Waals surface area contributed by atoms with E-state index in [9.17, 15) is 4.79 Å². The SMILES string of the molecule is O=C(Oc1ccc(OCc2ccncc2)cc1)[C@@H]1C[C@H]2C=C[C@@H]1O2. The van der Waals surface area contributed by atoms with Gasteiger partial charge in [0, 0.05) is 12.4 Å². The first-order valence-corrected chi connectivity index (χ1v) is 7.95. The number of carbonyl (C=O) groups excluding carboxylic acids is 1. The Morgan fingerprint density at radius 3 is 2.50 bits per heavy atom. The first kappa shape index (κ1) is 14.9. The van der Waals surface area contributed by atoms with Crippen molar-refractivity contribution in [3.63, 3.8) is 0 Å². The number of benzene rings is 1. The van der Waals surface area contributed by atoms with Gasteiger partial charge in [0.25, 0.3) is 0 Å². The Morgan fingerprint density at radius 1 is 1.08 bits per heavy atom. The highest BCUT2D eigenvalue weighted by Crippen LogP contribution is 2.34. The Balaban J connectivity index is 1.32. The zero-order valence-electron chi connectivity index (χ0n) is 13.0. The van der Waals surface area contributed by atoms with E-state index in [2.05, 4.69) is 4.98 Å². The maximum Gasteiger partial charge on any atom is 0.317 e. The van der Waals surface area contributed by atoms with Crippen LogP contribution < -0.4 is 9.47 Å². The van der Waals surface area contributed by atoms with Crippen LogP contribution in [0.2, 0.25) is 0 Å². The Labute approximate surface area is 139 Å². The largest absolute Gasteiger partial charge is 0.489 e. The normalized spacial score (nSPS) is 24.1. The van der Waals surface area contributed by atoms with Gasteiger partial charge in [-0.25, -0.2) is 0 Å². The predicted octanol–water partition coefficient (Wildman–Crippen LogP) is 2.91. The Hall–Kier alpha value is -2.66. The van der Waals surface area contributed by atoms with E-state index in [1.807, 2.05) is 24.3 Å². The van der Waals surface area contributed by atoms with Gasteiger partial charge in [-0.1, -0.05) is 12.2 Å². The van der Waals surface area contributed by atoms with Crippen LogP contribution in [0.15, 0.2) is 60.9 Å². The van der Waals surface area contributed by atoms with Crippen molar-refractivity contribution >= 4 is 5.97 Å². The first-order valence-electron chi connectivity index (χ1n) is 7.95. The number of carbonyl (C=O) groups is 1. The molecule has 0 saturated carbocycles. The summed E-state index contributed by atoms with van der Waals surface area (Å²) in [7, 11) is 0. The number of esters is 1. The third-order valence-corrected chi connectivity index (χ3v) is 4.23. The van der Waals surface area contributed by atoms with Crippen molar-refractivity contribution in [2.75, 3.05) is 0 Å². The fraction of sp³-hybridized carbons (Fsp3) is 0.263. The molecule has 1 saturated heterocycles. The molecule has 5 heteroatoms. The molecule has 24 heavy (non-hydrogen) atoms. The van der Waals surface area contributed by atoms with Crippen LogP contribution >= 0.6 is 0 Å². The summed E-state index contributed by atoms with van der Waals surface area (Å²) in [6.45, 7) is 0.469. The molecule has 0 amide bonds. The van der Waals surface area contributed by atoms with Crippen molar-refractivity contribution in [3.05, 3.63) is 66.5 Å². The van der Waals surface area contributed by atoms with E-state index >= 15 is 0 Å². The Bertz CT molecular complexity index is 742. The van der Waals surface area contributed by atoms with Crippen molar-refractivity contribution in [3.8, 4) is 11.5 Å². The maximum absolute atomic E-state index is 12.2. The molecule has 3 atom stereocenters. The fourth-order valence-corrected chi connectivity index (χ4v) is 2.95. The van der Waals surface area contributed by atoms with Crippen LogP contribution in [0.1, 0.15) is 12.0 Å². The Morgan fingerprint density at radius 2 is 1.83 bits per heavy atom. The molecule has 0 N–H and O–H groups in total. The van der Waals surface area contributed by atoms with Gasteiger partial charge >= 0.3 is 5.97 Å². The van der Waals surface area contributed by atoms with Gasteiger partial charge in [-0.05, 0) is 48.4 Å². The molecule has 2 aromatic rings. The standard InChI is InChI=1S/C19H17NO4/c21-19(17-11-16-5-6-18(17)23-16)24-15-3-1-14(2-4-15)22-12-13-7-9-20-10-8-13/h1-10,16-18H,11-12H2/t16-,17-,18+/m1/s1. The molecule has 3 heterocycles. The highest BCUT2D eigenvalue weighted by Gasteiger charge is 2.42. The van der Waals surface area contributed by atoms with E-state index in [0.29, 0.717) is 18.8 Å². The topological polar surface area (TPSA) is 57.7 Å². The van der Waals surface area contributed by atoms with Crippen LogP contribution in [-0.2, 0) is 16.1 Å². The predicted molar refractivity (Wildman–Crippen MR) is 86.6 cm³/mol. The number of nitrogens with zero attached hydrogens (tertiary/aromatic N) is 1. The second-order valence-electron chi connectivity index (χ2n) is 5.90. The summed E-state index contributed by atoms with van der Waals surface area (Å²) in [5, 5.41) is 0. The van der Waals surface area contributed by atoms with Crippen LogP contribution in [0.25, 0.3) is 0 Å². The summed E-state index contributed by atoms with van der Waals surface area (Å²) >= 11 is 0. The minimum atomic E-state index is -0.239. The van der Waals surface area contributed by atoms with Crippen LogP contribution in [-0.4, -0.2) is 23.2 Å². The number of pyridine rings is 1. The smallest absolute Gasteiger partial charge is 0.317 e. The van der Waals surface area contributed by atoms with Crippen molar-refractivity contribution in [1.82, 2.24) is 4.98 Å². The molecule has 4 rings (SSSR count). The van der Waals surface area contributed by atoms with E-state index in [1.165, 1.54) is 0 Å². The van der Waals surface area contributed by atoms with Crippen LogP contribution in [0.4, 0.5) is 0 Å². The van der Waals surface area contributed by atoms with E-state index in [0.717, 1.165) is 11.3 Å². The summed E-state index contributed by atoms with van der Waals surface area (Å²) in [5.74, 6) is 0.792. The summed E-state index contributed by atoms with van der Waals surface area (Å²) in [5.41, 5.74) is 1.05. The van der Waals surface area contributed by atoms with E-state index in [4.69, 9.17) is 14.2 Å². The quantitative estimate of drug-likeness (QED) is 0.481. The molecule has 0 spiro atoms. The lowest BCUT2D eigenvalue weighted by Crippen LogP contribution is -2.27. The van der Waals surface area contributed by atoms with Gasteiger partial charge in [-0.2, -0.15) is 0 Å². The third-order valence-electron chi connectivity index (χ3n) is 4.23.